The van der Waals surface area contributed by atoms with E-state index >= 15 is 0 Å². The summed E-state index contributed by atoms with van der Waals surface area (Å²) in [5.74, 6) is 1.57. The number of carbonyl (C=O) groups excluding carboxylic acids is 1. The van der Waals surface area contributed by atoms with Crippen LogP contribution in [0.5, 0.6) is 0 Å². The molecule has 2 rings (SSSR count). The summed E-state index contributed by atoms with van der Waals surface area (Å²) in [7, 11) is 0. The number of ketones is 1. The van der Waals surface area contributed by atoms with Crippen LogP contribution in [0.1, 0.15) is 35.0 Å². The maximum Gasteiger partial charge on any atom is 0.166 e. The minimum atomic E-state index is 0.245. The van der Waals surface area contributed by atoms with Crippen molar-refractivity contribution in [3.05, 3.63) is 23.2 Å². The quantitative estimate of drug-likeness (QED) is 0.589. The van der Waals surface area contributed by atoms with Crippen LogP contribution >= 0.6 is 0 Å². The van der Waals surface area contributed by atoms with Gasteiger partial charge in [0.05, 0.1) is 11.8 Å². The summed E-state index contributed by atoms with van der Waals surface area (Å²) in [6.07, 6.45) is 3.27. The number of aryl methyl sites for hydroxylation is 1. The molecule has 1 aromatic rings. The second kappa shape index (κ2) is 2.47. The first-order chi connectivity index (χ1) is 5.68. The SMILES string of the molecule is Cc1coc2c1C(=O)C[C@H](C)C2. The van der Waals surface area contributed by atoms with E-state index in [2.05, 4.69) is 6.92 Å². The summed E-state index contributed by atoms with van der Waals surface area (Å²) < 4.78 is 5.31. The third kappa shape index (κ3) is 0.986. The zero-order valence-electron chi connectivity index (χ0n) is 7.39. The molecule has 0 bridgehead atoms. The van der Waals surface area contributed by atoms with Gasteiger partial charge in [0.15, 0.2) is 5.78 Å². The highest BCUT2D eigenvalue weighted by molar-refractivity contribution is 5.99. The summed E-state index contributed by atoms with van der Waals surface area (Å²) in [4.78, 5) is 11.5. The monoisotopic (exact) mass is 164 g/mol. The summed E-state index contributed by atoms with van der Waals surface area (Å²) in [6, 6.07) is 0. The van der Waals surface area contributed by atoms with Crippen LogP contribution in [0.15, 0.2) is 10.7 Å². The van der Waals surface area contributed by atoms with Crippen molar-refractivity contribution in [2.45, 2.75) is 26.7 Å². The Morgan fingerprint density at radius 1 is 1.50 bits per heavy atom. The lowest BCUT2D eigenvalue weighted by Crippen LogP contribution is -2.16. The molecule has 0 aliphatic heterocycles. The molecule has 0 radical (unpaired) electrons. The van der Waals surface area contributed by atoms with Crippen molar-refractivity contribution in [3.63, 3.8) is 0 Å². The number of rotatable bonds is 0. The van der Waals surface area contributed by atoms with E-state index in [-0.39, 0.29) is 5.78 Å². The minimum absolute atomic E-state index is 0.245. The number of hydrogen-bond donors (Lipinski definition) is 0. The van der Waals surface area contributed by atoms with Gasteiger partial charge in [0.2, 0.25) is 0 Å². The first-order valence-electron chi connectivity index (χ1n) is 4.28. The molecule has 0 unspecified atom stereocenters. The van der Waals surface area contributed by atoms with Gasteiger partial charge >= 0.3 is 0 Å². The molecule has 1 aliphatic carbocycles. The Bertz CT molecular complexity index is 323. The lowest BCUT2D eigenvalue weighted by atomic mass is 9.87. The van der Waals surface area contributed by atoms with Crippen molar-refractivity contribution in [3.8, 4) is 0 Å². The molecule has 0 saturated carbocycles. The van der Waals surface area contributed by atoms with Crippen molar-refractivity contribution >= 4 is 5.78 Å². The van der Waals surface area contributed by atoms with Crippen LogP contribution in [0.4, 0.5) is 0 Å². The van der Waals surface area contributed by atoms with E-state index in [0.717, 1.165) is 23.3 Å². The molecule has 1 aliphatic rings. The fourth-order valence-electron chi connectivity index (χ4n) is 1.83. The number of Topliss-reactive ketones (excluding diaryl/α,β-unsaturated/α-hetero) is 1. The number of carbonyl (C=O) groups is 1. The smallest absolute Gasteiger partial charge is 0.166 e. The average molecular weight is 164 g/mol. The number of furan rings is 1. The van der Waals surface area contributed by atoms with Gasteiger partial charge in [0.1, 0.15) is 5.76 Å². The molecule has 0 aromatic carbocycles. The number of hydrogen-bond acceptors (Lipinski definition) is 2. The third-order valence-electron chi connectivity index (χ3n) is 2.40. The Balaban J connectivity index is 2.50. The standard InChI is InChI=1S/C10H12O2/c1-6-3-8(11)10-7(2)5-12-9(10)4-6/h5-6H,3-4H2,1-2H3/t6-/m0/s1. The molecular formula is C10H12O2. The largest absolute Gasteiger partial charge is 0.468 e. The van der Waals surface area contributed by atoms with E-state index < -0.39 is 0 Å². The van der Waals surface area contributed by atoms with Crippen LogP contribution in [-0.4, -0.2) is 5.78 Å². The van der Waals surface area contributed by atoms with Gasteiger partial charge in [-0.25, -0.2) is 0 Å². The van der Waals surface area contributed by atoms with E-state index in [9.17, 15) is 4.79 Å². The maximum atomic E-state index is 11.5. The fourth-order valence-corrected chi connectivity index (χ4v) is 1.83. The Kier molecular flexibility index (Phi) is 1.56. The van der Waals surface area contributed by atoms with Crippen LogP contribution < -0.4 is 0 Å². The molecule has 0 saturated heterocycles. The molecular weight excluding hydrogens is 152 g/mol. The second-order valence-electron chi connectivity index (χ2n) is 3.65. The minimum Gasteiger partial charge on any atom is -0.468 e. The van der Waals surface area contributed by atoms with Gasteiger partial charge < -0.3 is 4.42 Å². The van der Waals surface area contributed by atoms with Crippen molar-refractivity contribution in [1.29, 1.82) is 0 Å². The molecule has 12 heavy (non-hydrogen) atoms. The van der Waals surface area contributed by atoms with Gasteiger partial charge in [-0.05, 0) is 18.4 Å². The van der Waals surface area contributed by atoms with Gasteiger partial charge in [-0.15, -0.1) is 0 Å². The van der Waals surface area contributed by atoms with Crippen LogP contribution in [0.25, 0.3) is 0 Å². The molecule has 0 fully saturated rings. The molecule has 0 N–H and O–H groups in total. The average Bonchev–Trinajstić information content (AvgIpc) is 2.31. The van der Waals surface area contributed by atoms with Gasteiger partial charge in [0.25, 0.3) is 0 Å². The van der Waals surface area contributed by atoms with E-state index in [1.807, 2.05) is 6.92 Å². The summed E-state index contributed by atoms with van der Waals surface area (Å²) in [5, 5.41) is 0. The van der Waals surface area contributed by atoms with Crippen LogP contribution in [0.3, 0.4) is 0 Å². The molecule has 1 heterocycles. The summed E-state index contributed by atoms with van der Waals surface area (Å²) in [5.41, 5.74) is 1.83. The topological polar surface area (TPSA) is 30.2 Å². The molecule has 1 atom stereocenters. The molecule has 0 spiro atoms. The summed E-state index contributed by atoms with van der Waals surface area (Å²) in [6.45, 7) is 4.01. The molecule has 0 amide bonds. The summed E-state index contributed by atoms with van der Waals surface area (Å²) >= 11 is 0. The predicted molar refractivity (Wildman–Crippen MR) is 45.3 cm³/mol. The Morgan fingerprint density at radius 3 is 3.00 bits per heavy atom. The highest BCUT2D eigenvalue weighted by Crippen LogP contribution is 2.28. The van der Waals surface area contributed by atoms with Gasteiger partial charge in [0, 0.05) is 12.8 Å². The van der Waals surface area contributed by atoms with E-state index in [4.69, 9.17) is 4.42 Å². The van der Waals surface area contributed by atoms with Crippen molar-refractivity contribution < 1.29 is 9.21 Å². The molecule has 2 nitrogen and oxygen atoms in total. The number of fused-ring (bicyclic) bond motifs is 1. The Hall–Kier alpha value is -1.05. The van der Waals surface area contributed by atoms with Gasteiger partial charge in [-0.3, -0.25) is 4.79 Å². The molecule has 64 valence electrons. The molecule has 1 aromatic heterocycles. The highest BCUT2D eigenvalue weighted by atomic mass is 16.3. The van der Waals surface area contributed by atoms with Crippen molar-refractivity contribution in [2.75, 3.05) is 0 Å². The zero-order valence-corrected chi connectivity index (χ0v) is 7.39. The van der Waals surface area contributed by atoms with Crippen LogP contribution in [0.2, 0.25) is 0 Å². The predicted octanol–water partition coefficient (Wildman–Crippen LogP) is 2.35. The second-order valence-corrected chi connectivity index (χ2v) is 3.65. The van der Waals surface area contributed by atoms with Crippen LogP contribution in [-0.2, 0) is 6.42 Å². The molecule has 2 heteroatoms. The first kappa shape index (κ1) is 7.59. The lowest BCUT2D eigenvalue weighted by molar-refractivity contribution is 0.0948. The normalized spacial score (nSPS) is 22.5. The van der Waals surface area contributed by atoms with Crippen molar-refractivity contribution in [1.82, 2.24) is 0 Å². The van der Waals surface area contributed by atoms with Crippen LogP contribution in [0, 0.1) is 12.8 Å². The highest BCUT2D eigenvalue weighted by Gasteiger charge is 2.26. The lowest BCUT2D eigenvalue weighted by Gasteiger charge is -2.15. The van der Waals surface area contributed by atoms with E-state index in [0.29, 0.717) is 12.3 Å². The fraction of sp³-hybridized carbons (Fsp3) is 0.500. The van der Waals surface area contributed by atoms with E-state index in [1.54, 1.807) is 6.26 Å². The van der Waals surface area contributed by atoms with Gasteiger partial charge in [-0.1, -0.05) is 6.92 Å². The maximum absolute atomic E-state index is 11.5. The Morgan fingerprint density at radius 2 is 2.25 bits per heavy atom. The third-order valence-corrected chi connectivity index (χ3v) is 2.40. The first-order valence-corrected chi connectivity index (χ1v) is 4.28. The van der Waals surface area contributed by atoms with Gasteiger partial charge in [-0.2, -0.15) is 0 Å². The van der Waals surface area contributed by atoms with E-state index in [1.165, 1.54) is 0 Å². The van der Waals surface area contributed by atoms with Crippen molar-refractivity contribution in [2.24, 2.45) is 5.92 Å². The Labute approximate surface area is 71.6 Å². The zero-order chi connectivity index (χ0) is 8.72.